The predicted molar refractivity (Wildman–Crippen MR) is 98.6 cm³/mol. The second kappa shape index (κ2) is 7.77. The molecule has 3 rings (SSSR count). The molecule has 136 valence electrons. The number of aromatic nitrogens is 3. The number of amidine groups is 1. The van der Waals surface area contributed by atoms with Gasteiger partial charge in [-0.3, -0.25) is 10.6 Å². The van der Waals surface area contributed by atoms with Crippen molar-refractivity contribution in [1.29, 1.82) is 5.41 Å². The standard InChI is InChI=1S/C17H18ClFN6O/c1-2-21-7-6-14-23-15-11(5-8-22-17(15)24-14)16(20)25(26)10-3-4-13(19)12(18)9-10/h3-5,8-9,20-21,26H,2,6-7H2,1H3,(H,22,23,24). The molecule has 0 amide bonds. The summed E-state index contributed by atoms with van der Waals surface area (Å²) in [6.45, 7) is 3.66. The topological polar surface area (TPSA) is 101 Å². The van der Waals surface area contributed by atoms with Gasteiger partial charge in [-0.15, -0.1) is 0 Å². The Morgan fingerprint density at radius 1 is 1.42 bits per heavy atom. The number of pyridine rings is 1. The molecular weight excluding hydrogens is 359 g/mol. The molecule has 0 saturated heterocycles. The lowest BCUT2D eigenvalue weighted by atomic mass is 10.2. The van der Waals surface area contributed by atoms with E-state index in [-0.39, 0.29) is 16.5 Å². The maximum Gasteiger partial charge on any atom is 0.178 e. The molecule has 4 N–H and O–H groups in total. The molecule has 0 unspecified atom stereocenters. The SMILES string of the molecule is CCNCCc1nc2nccc(C(=N)N(O)c3ccc(F)c(Cl)c3)c2[nH]1. The highest BCUT2D eigenvalue weighted by Crippen LogP contribution is 2.24. The normalized spacial score (nSPS) is 11.1. The highest BCUT2D eigenvalue weighted by atomic mass is 35.5. The number of imidazole rings is 1. The van der Waals surface area contributed by atoms with Crippen LogP contribution < -0.4 is 10.4 Å². The molecule has 2 heterocycles. The Labute approximate surface area is 154 Å². The van der Waals surface area contributed by atoms with E-state index in [1.54, 1.807) is 6.07 Å². The molecule has 0 radical (unpaired) electrons. The number of nitrogens with zero attached hydrogens (tertiary/aromatic N) is 3. The average Bonchev–Trinajstić information content (AvgIpc) is 3.06. The van der Waals surface area contributed by atoms with Crippen molar-refractivity contribution in [1.82, 2.24) is 20.3 Å². The Balaban J connectivity index is 1.90. The molecule has 0 fully saturated rings. The first-order chi connectivity index (χ1) is 12.5. The van der Waals surface area contributed by atoms with Crippen molar-refractivity contribution >= 4 is 34.3 Å². The maximum atomic E-state index is 13.3. The van der Waals surface area contributed by atoms with E-state index in [4.69, 9.17) is 17.0 Å². The van der Waals surface area contributed by atoms with Crippen LogP contribution in [0.25, 0.3) is 11.2 Å². The van der Waals surface area contributed by atoms with Gasteiger partial charge in [-0.05, 0) is 30.8 Å². The molecule has 1 aromatic carbocycles. The van der Waals surface area contributed by atoms with Gasteiger partial charge in [-0.2, -0.15) is 0 Å². The molecule has 3 aromatic rings. The Morgan fingerprint density at radius 2 is 2.23 bits per heavy atom. The Kier molecular flexibility index (Phi) is 5.46. The van der Waals surface area contributed by atoms with Crippen molar-refractivity contribution in [3.8, 4) is 0 Å². The van der Waals surface area contributed by atoms with Crippen LogP contribution in [0.15, 0.2) is 30.5 Å². The van der Waals surface area contributed by atoms with Crippen molar-refractivity contribution in [3.63, 3.8) is 0 Å². The van der Waals surface area contributed by atoms with Gasteiger partial charge in [-0.1, -0.05) is 18.5 Å². The summed E-state index contributed by atoms with van der Waals surface area (Å²) < 4.78 is 13.3. The first kappa shape index (κ1) is 18.2. The first-order valence-electron chi connectivity index (χ1n) is 8.08. The number of aromatic amines is 1. The van der Waals surface area contributed by atoms with Gasteiger partial charge in [-0.25, -0.2) is 19.4 Å². The Hall–Kier alpha value is -2.55. The third-order valence-electron chi connectivity index (χ3n) is 3.84. The van der Waals surface area contributed by atoms with Gasteiger partial charge in [0.15, 0.2) is 11.5 Å². The predicted octanol–water partition coefficient (Wildman–Crippen LogP) is 3.12. The van der Waals surface area contributed by atoms with Crippen LogP contribution >= 0.6 is 11.6 Å². The molecular formula is C17H18ClFN6O. The summed E-state index contributed by atoms with van der Waals surface area (Å²) in [4.78, 5) is 11.8. The molecule has 0 spiro atoms. The highest BCUT2D eigenvalue weighted by molar-refractivity contribution is 6.31. The smallest absolute Gasteiger partial charge is 0.178 e. The zero-order chi connectivity index (χ0) is 18.7. The van der Waals surface area contributed by atoms with Crippen LogP contribution in [0.4, 0.5) is 10.1 Å². The van der Waals surface area contributed by atoms with Crippen LogP contribution in [0.1, 0.15) is 18.3 Å². The number of halogens is 2. The van der Waals surface area contributed by atoms with Crippen molar-refractivity contribution in [3.05, 3.63) is 52.7 Å². The molecule has 26 heavy (non-hydrogen) atoms. The van der Waals surface area contributed by atoms with E-state index >= 15 is 0 Å². The number of hydroxylamine groups is 1. The minimum atomic E-state index is -0.597. The molecule has 0 aliphatic rings. The average molecular weight is 377 g/mol. The molecule has 0 saturated carbocycles. The van der Waals surface area contributed by atoms with Crippen molar-refractivity contribution < 1.29 is 9.60 Å². The summed E-state index contributed by atoms with van der Waals surface area (Å²) >= 11 is 5.75. The molecule has 0 aliphatic heterocycles. The minimum absolute atomic E-state index is 0.138. The van der Waals surface area contributed by atoms with Gasteiger partial charge in [0.05, 0.1) is 16.2 Å². The van der Waals surface area contributed by atoms with E-state index in [0.29, 0.717) is 28.2 Å². The third kappa shape index (κ3) is 3.67. The summed E-state index contributed by atoms with van der Waals surface area (Å²) in [6, 6.07) is 5.32. The number of anilines is 1. The zero-order valence-corrected chi connectivity index (χ0v) is 14.8. The van der Waals surface area contributed by atoms with Crippen LogP contribution in [0.3, 0.4) is 0 Å². The Morgan fingerprint density at radius 3 is 2.96 bits per heavy atom. The fourth-order valence-corrected chi connectivity index (χ4v) is 2.69. The summed E-state index contributed by atoms with van der Waals surface area (Å²) in [5, 5.41) is 22.4. The molecule has 7 nitrogen and oxygen atoms in total. The molecule has 0 bridgehead atoms. The van der Waals surface area contributed by atoms with E-state index < -0.39 is 5.82 Å². The lowest BCUT2D eigenvalue weighted by Gasteiger charge is -2.18. The fourth-order valence-electron chi connectivity index (χ4n) is 2.52. The van der Waals surface area contributed by atoms with Gasteiger partial charge in [0, 0.05) is 24.7 Å². The first-order valence-corrected chi connectivity index (χ1v) is 8.46. The number of H-pyrrole nitrogens is 1. The van der Waals surface area contributed by atoms with Gasteiger partial charge in [0.1, 0.15) is 11.6 Å². The summed E-state index contributed by atoms with van der Waals surface area (Å²) in [5.41, 5.74) is 1.61. The number of nitrogens with one attached hydrogen (secondary N) is 3. The number of hydrogen-bond donors (Lipinski definition) is 4. The van der Waals surface area contributed by atoms with E-state index in [2.05, 4.69) is 20.3 Å². The molecule has 0 aliphatic carbocycles. The quantitative estimate of drug-likeness (QED) is 0.229. The largest absolute Gasteiger partial charge is 0.340 e. The number of fused-ring (bicyclic) bond motifs is 1. The summed E-state index contributed by atoms with van der Waals surface area (Å²) in [5.74, 6) is -0.0643. The van der Waals surface area contributed by atoms with Gasteiger partial charge >= 0.3 is 0 Å². The van der Waals surface area contributed by atoms with Crippen molar-refractivity contribution in [2.75, 3.05) is 18.2 Å². The lowest BCUT2D eigenvalue weighted by molar-refractivity contribution is 0.312. The Bertz CT molecular complexity index is 944. The summed E-state index contributed by atoms with van der Waals surface area (Å²) in [6.07, 6.45) is 2.21. The van der Waals surface area contributed by atoms with Crippen molar-refractivity contribution in [2.24, 2.45) is 0 Å². The molecule has 0 atom stereocenters. The van der Waals surface area contributed by atoms with Crippen LogP contribution in [-0.2, 0) is 6.42 Å². The second-order valence-corrected chi connectivity index (χ2v) is 6.01. The minimum Gasteiger partial charge on any atom is -0.340 e. The highest BCUT2D eigenvalue weighted by Gasteiger charge is 2.18. The van der Waals surface area contributed by atoms with Crippen LogP contribution in [-0.4, -0.2) is 39.1 Å². The fraction of sp³-hybridized carbons (Fsp3) is 0.235. The van der Waals surface area contributed by atoms with E-state index in [1.165, 1.54) is 18.3 Å². The van der Waals surface area contributed by atoms with Gasteiger partial charge < -0.3 is 10.3 Å². The van der Waals surface area contributed by atoms with E-state index in [0.717, 1.165) is 25.0 Å². The number of benzene rings is 1. The molecule has 2 aromatic heterocycles. The molecule has 9 heteroatoms. The maximum absolute atomic E-state index is 13.3. The van der Waals surface area contributed by atoms with Crippen molar-refractivity contribution in [2.45, 2.75) is 13.3 Å². The van der Waals surface area contributed by atoms with E-state index in [9.17, 15) is 9.60 Å². The summed E-state index contributed by atoms with van der Waals surface area (Å²) in [7, 11) is 0. The monoisotopic (exact) mass is 376 g/mol. The van der Waals surface area contributed by atoms with Gasteiger partial charge in [0.25, 0.3) is 0 Å². The van der Waals surface area contributed by atoms with Crippen LogP contribution in [0.2, 0.25) is 5.02 Å². The van der Waals surface area contributed by atoms with Crippen LogP contribution in [0, 0.1) is 11.2 Å². The third-order valence-corrected chi connectivity index (χ3v) is 4.13. The van der Waals surface area contributed by atoms with E-state index in [1.807, 2.05) is 6.92 Å². The zero-order valence-electron chi connectivity index (χ0n) is 14.1. The lowest BCUT2D eigenvalue weighted by Crippen LogP contribution is -2.27. The second-order valence-electron chi connectivity index (χ2n) is 5.60. The van der Waals surface area contributed by atoms with Gasteiger partial charge in [0.2, 0.25) is 0 Å². The van der Waals surface area contributed by atoms with Crippen LogP contribution in [0.5, 0.6) is 0 Å². The number of rotatable bonds is 6. The number of likely N-dealkylation sites (N-methyl/N-ethyl adjacent to an activating group) is 1. The number of hydrogen-bond acceptors (Lipinski definition) is 5.